The topological polar surface area (TPSA) is 83.9 Å². The number of hydrogen-bond acceptors (Lipinski definition) is 3. The first-order valence-corrected chi connectivity index (χ1v) is 3.84. The maximum atomic E-state index is 10.9. The highest BCUT2D eigenvalue weighted by atomic mass is 16.5. The molecule has 0 fully saturated rings. The van der Waals surface area contributed by atoms with Crippen LogP contribution in [0.5, 0.6) is 5.75 Å². The Morgan fingerprint density at radius 3 is 2.85 bits per heavy atom. The third kappa shape index (κ3) is 1.41. The number of rotatable bonds is 2. The molecule has 0 radical (unpaired) electrons. The molecule has 0 saturated heterocycles. The van der Waals surface area contributed by atoms with E-state index < -0.39 is 0 Å². The molecule has 1 aromatic heterocycles. The van der Waals surface area contributed by atoms with Gasteiger partial charge in [-0.3, -0.25) is 5.73 Å². The fraction of sp³-hybridized carbons (Fsp3) is 0.125. The zero-order valence-electron chi connectivity index (χ0n) is 6.83. The molecule has 0 spiro atoms. The second-order valence-electron chi connectivity index (χ2n) is 2.60. The van der Waals surface area contributed by atoms with Crippen molar-refractivity contribution in [1.29, 1.82) is 0 Å². The molecule has 0 aliphatic rings. The fourth-order valence-corrected chi connectivity index (χ4v) is 1.20. The van der Waals surface area contributed by atoms with Crippen molar-refractivity contribution in [2.45, 2.75) is 0 Å². The minimum Gasteiger partial charge on any atom is -0.479 e. The van der Waals surface area contributed by atoms with Crippen LogP contribution in [0.1, 0.15) is 0 Å². The first-order valence-electron chi connectivity index (χ1n) is 3.84. The summed E-state index contributed by atoms with van der Waals surface area (Å²) in [6.07, 6.45) is 0. The maximum Gasteiger partial charge on any atom is 0.323 e. The van der Waals surface area contributed by atoms with E-state index >= 15 is 0 Å². The van der Waals surface area contributed by atoms with Gasteiger partial charge in [0.1, 0.15) is 12.5 Å². The van der Waals surface area contributed by atoms with Crippen LogP contribution in [0.3, 0.4) is 0 Å². The van der Waals surface area contributed by atoms with Crippen molar-refractivity contribution in [2.75, 3.05) is 6.73 Å². The number of nitrogens with one attached hydrogen (secondary N) is 2. The van der Waals surface area contributed by atoms with Gasteiger partial charge in [-0.25, -0.2) is 4.79 Å². The van der Waals surface area contributed by atoms with E-state index in [1.807, 2.05) is 0 Å². The first kappa shape index (κ1) is 7.88. The predicted molar refractivity (Wildman–Crippen MR) is 48.6 cm³/mol. The lowest BCUT2D eigenvalue weighted by atomic mass is 10.3. The van der Waals surface area contributed by atoms with E-state index in [1.165, 1.54) is 0 Å². The van der Waals surface area contributed by atoms with Gasteiger partial charge in [0.2, 0.25) is 0 Å². The summed E-state index contributed by atoms with van der Waals surface area (Å²) in [4.78, 5) is 16.1. The second kappa shape index (κ2) is 2.95. The third-order valence-electron chi connectivity index (χ3n) is 1.74. The van der Waals surface area contributed by atoms with Gasteiger partial charge in [-0.15, -0.1) is 0 Å². The van der Waals surface area contributed by atoms with Crippen molar-refractivity contribution in [3.8, 4) is 5.75 Å². The highest BCUT2D eigenvalue weighted by Gasteiger charge is 1.99. The molecule has 0 aliphatic heterocycles. The molecule has 0 unspecified atom stereocenters. The lowest BCUT2D eigenvalue weighted by molar-refractivity contribution is 0.330. The van der Waals surface area contributed by atoms with Gasteiger partial charge in [-0.1, -0.05) is 0 Å². The molecule has 5 nitrogen and oxygen atoms in total. The number of aromatic amines is 2. The number of aromatic nitrogens is 2. The van der Waals surface area contributed by atoms with Crippen molar-refractivity contribution < 1.29 is 4.74 Å². The monoisotopic (exact) mass is 179 g/mol. The van der Waals surface area contributed by atoms with Crippen LogP contribution in [0, 0.1) is 0 Å². The second-order valence-corrected chi connectivity index (χ2v) is 2.60. The standard InChI is InChI=1S/C8H9N3O2/c9-4-13-5-1-2-6-7(3-5)11-8(12)10-6/h1-3H,4,9H2,(H2,10,11,12). The van der Waals surface area contributed by atoms with Crippen molar-refractivity contribution >= 4 is 11.0 Å². The molecule has 0 atom stereocenters. The van der Waals surface area contributed by atoms with Gasteiger partial charge in [0, 0.05) is 6.07 Å². The van der Waals surface area contributed by atoms with Crippen LogP contribution in [0.2, 0.25) is 0 Å². The highest BCUT2D eigenvalue weighted by Crippen LogP contribution is 2.15. The number of H-pyrrole nitrogens is 2. The normalized spacial score (nSPS) is 10.5. The van der Waals surface area contributed by atoms with Crippen LogP contribution >= 0.6 is 0 Å². The molecular weight excluding hydrogens is 170 g/mol. The summed E-state index contributed by atoms with van der Waals surface area (Å²) < 4.78 is 5.07. The highest BCUT2D eigenvalue weighted by molar-refractivity contribution is 5.75. The zero-order chi connectivity index (χ0) is 9.26. The van der Waals surface area contributed by atoms with Crippen molar-refractivity contribution in [1.82, 2.24) is 9.97 Å². The minimum atomic E-state index is -0.222. The van der Waals surface area contributed by atoms with Gasteiger partial charge in [-0.05, 0) is 12.1 Å². The zero-order valence-corrected chi connectivity index (χ0v) is 6.83. The van der Waals surface area contributed by atoms with Crippen molar-refractivity contribution in [2.24, 2.45) is 5.73 Å². The van der Waals surface area contributed by atoms with Gasteiger partial charge < -0.3 is 14.7 Å². The van der Waals surface area contributed by atoms with Crippen LogP contribution in [-0.4, -0.2) is 16.7 Å². The first-order chi connectivity index (χ1) is 6.29. The molecule has 0 saturated carbocycles. The van der Waals surface area contributed by atoms with E-state index in [2.05, 4.69) is 9.97 Å². The molecule has 13 heavy (non-hydrogen) atoms. The summed E-state index contributed by atoms with van der Waals surface area (Å²) >= 11 is 0. The Bertz CT molecular complexity index is 471. The number of imidazole rings is 1. The Morgan fingerprint density at radius 2 is 2.08 bits per heavy atom. The van der Waals surface area contributed by atoms with Gasteiger partial charge >= 0.3 is 5.69 Å². The predicted octanol–water partition coefficient (Wildman–Crippen LogP) is 0.151. The largest absolute Gasteiger partial charge is 0.479 e. The SMILES string of the molecule is NCOc1ccc2[nH]c(=O)[nH]c2c1. The summed E-state index contributed by atoms with van der Waals surface area (Å²) in [5, 5.41) is 0. The Balaban J connectivity index is 2.54. The number of hydrogen-bond donors (Lipinski definition) is 3. The number of benzene rings is 1. The molecule has 0 bridgehead atoms. The molecule has 1 aromatic carbocycles. The Hall–Kier alpha value is -1.75. The summed E-state index contributed by atoms with van der Waals surface area (Å²) in [6, 6.07) is 5.23. The average Bonchev–Trinajstić information content (AvgIpc) is 2.44. The van der Waals surface area contributed by atoms with Gasteiger partial charge in [-0.2, -0.15) is 0 Å². The third-order valence-corrected chi connectivity index (χ3v) is 1.74. The molecule has 0 aliphatic carbocycles. The fourth-order valence-electron chi connectivity index (χ4n) is 1.20. The molecule has 0 amide bonds. The van der Waals surface area contributed by atoms with Gasteiger partial charge in [0.25, 0.3) is 0 Å². The van der Waals surface area contributed by atoms with E-state index in [0.717, 1.165) is 11.0 Å². The summed E-state index contributed by atoms with van der Waals surface area (Å²) in [5.41, 5.74) is 6.46. The molecule has 5 heteroatoms. The van der Waals surface area contributed by atoms with E-state index in [0.29, 0.717) is 5.75 Å². The Morgan fingerprint density at radius 1 is 1.31 bits per heavy atom. The van der Waals surface area contributed by atoms with Crippen molar-refractivity contribution in [3.05, 3.63) is 28.7 Å². The quantitative estimate of drug-likeness (QED) is 0.574. The van der Waals surface area contributed by atoms with E-state index in [4.69, 9.17) is 10.5 Å². The molecular formula is C8H9N3O2. The van der Waals surface area contributed by atoms with Crippen LogP contribution in [0.15, 0.2) is 23.0 Å². The van der Waals surface area contributed by atoms with Gasteiger partial charge in [0.05, 0.1) is 11.0 Å². The lowest BCUT2D eigenvalue weighted by Gasteiger charge is -2.00. The molecule has 4 N–H and O–H groups in total. The summed E-state index contributed by atoms with van der Waals surface area (Å²) in [5.74, 6) is 0.644. The summed E-state index contributed by atoms with van der Waals surface area (Å²) in [6.45, 7) is 0.125. The van der Waals surface area contributed by atoms with E-state index in [9.17, 15) is 4.79 Å². The molecule has 68 valence electrons. The minimum absolute atomic E-state index is 0.125. The number of fused-ring (bicyclic) bond motifs is 1. The maximum absolute atomic E-state index is 10.9. The molecule has 2 aromatic rings. The van der Waals surface area contributed by atoms with Crippen LogP contribution < -0.4 is 16.2 Å². The smallest absolute Gasteiger partial charge is 0.323 e. The van der Waals surface area contributed by atoms with Crippen molar-refractivity contribution in [3.63, 3.8) is 0 Å². The van der Waals surface area contributed by atoms with E-state index in [-0.39, 0.29) is 12.4 Å². The Kier molecular flexibility index (Phi) is 1.79. The van der Waals surface area contributed by atoms with E-state index in [1.54, 1.807) is 18.2 Å². The number of ether oxygens (including phenoxy) is 1. The van der Waals surface area contributed by atoms with Crippen LogP contribution in [0.4, 0.5) is 0 Å². The van der Waals surface area contributed by atoms with Gasteiger partial charge in [0.15, 0.2) is 0 Å². The van der Waals surface area contributed by atoms with Crippen LogP contribution in [-0.2, 0) is 0 Å². The lowest BCUT2D eigenvalue weighted by Crippen LogP contribution is -2.06. The molecule has 2 rings (SSSR count). The summed E-state index contributed by atoms with van der Waals surface area (Å²) in [7, 11) is 0. The molecule has 1 heterocycles. The Labute approximate surface area is 73.5 Å². The average molecular weight is 179 g/mol. The van der Waals surface area contributed by atoms with Crippen LogP contribution in [0.25, 0.3) is 11.0 Å². The number of nitrogens with two attached hydrogens (primary N) is 1.